The second-order valence-electron chi connectivity index (χ2n) is 4.15. The number of benzene rings is 1. The third kappa shape index (κ3) is 2.67. The molecular weight excluding hydrogens is 279 g/mol. The summed E-state index contributed by atoms with van der Waals surface area (Å²) in [4.78, 5) is 0.515. The van der Waals surface area contributed by atoms with Gasteiger partial charge in [0, 0.05) is 21.2 Å². The van der Waals surface area contributed by atoms with Gasteiger partial charge in [0.05, 0.1) is 0 Å². The minimum absolute atomic E-state index is 0.510. The van der Waals surface area contributed by atoms with Crippen LogP contribution in [0.3, 0.4) is 0 Å². The molecule has 2 rings (SSSR count). The first-order valence-corrected chi connectivity index (χ1v) is 7.92. The molecule has 0 N–H and O–H groups in total. The zero-order valence-corrected chi connectivity index (χ0v) is 11.7. The molecule has 0 saturated heterocycles. The smallest absolute Gasteiger partial charge is 0.172 e. The van der Waals surface area contributed by atoms with E-state index in [-0.39, 0.29) is 0 Å². The van der Waals surface area contributed by atoms with Gasteiger partial charge in [0.1, 0.15) is 0 Å². The largest absolute Gasteiger partial charge is 0.224 e. The van der Waals surface area contributed by atoms with Crippen LogP contribution in [0, 0.1) is 0 Å². The van der Waals surface area contributed by atoms with Crippen molar-refractivity contribution in [3.63, 3.8) is 0 Å². The predicted octanol–water partition coefficient (Wildman–Crippen LogP) is 3.93. The second-order valence-corrected chi connectivity index (χ2v) is 7.03. The molecule has 0 heterocycles. The van der Waals surface area contributed by atoms with E-state index in [1.165, 1.54) is 6.26 Å². The van der Waals surface area contributed by atoms with Crippen LogP contribution in [-0.2, 0) is 9.84 Å². The summed E-state index contributed by atoms with van der Waals surface area (Å²) in [6.45, 7) is 0. The quantitative estimate of drug-likeness (QED) is 0.827. The topological polar surface area (TPSA) is 34.1 Å². The molecule has 0 saturated carbocycles. The number of halogens is 2. The molecule has 92 valence electrons. The fourth-order valence-electron chi connectivity index (χ4n) is 2.14. The van der Waals surface area contributed by atoms with Crippen LogP contribution in [0.5, 0.6) is 0 Å². The van der Waals surface area contributed by atoms with E-state index in [4.69, 9.17) is 23.2 Å². The van der Waals surface area contributed by atoms with Crippen molar-refractivity contribution < 1.29 is 8.42 Å². The van der Waals surface area contributed by atoms with Gasteiger partial charge < -0.3 is 0 Å². The summed E-state index contributed by atoms with van der Waals surface area (Å²) in [6, 6.07) is 5.16. The van der Waals surface area contributed by atoms with Crippen molar-refractivity contribution in [2.24, 2.45) is 0 Å². The van der Waals surface area contributed by atoms with E-state index < -0.39 is 9.84 Å². The zero-order valence-electron chi connectivity index (χ0n) is 9.33. The van der Waals surface area contributed by atoms with Crippen LogP contribution >= 0.6 is 23.2 Å². The summed E-state index contributed by atoms with van der Waals surface area (Å²) in [6.07, 6.45) is 3.46. The van der Waals surface area contributed by atoms with Crippen LogP contribution in [0.2, 0.25) is 10.0 Å². The third-order valence-corrected chi connectivity index (χ3v) is 4.76. The Morgan fingerprint density at radius 3 is 2.47 bits per heavy atom. The highest BCUT2D eigenvalue weighted by Gasteiger charge is 2.24. The van der Waals surface area contributed by atoms with Gasteiger partial charge in [-0.25, -0.2) is 8.42 Å². The number of hydrogen-bond donors (Lipinski definition) is 0. The molecule has 1 aliphatic rings. The number of hydrogen-bond acceptors (Lipinski definition) is 2. The second kappa shape index (κ2) is 4.63. The highest BCUT2D eigenvalue weighted by Crippen LogP contribution is 2.39. The average Bonchev–Trinajstić information content (AvgIpc) is 2.65. The number of allylic oxidation sites excluding steroid dienone is 2. The standard InChI is InChI=1S/C12H12Cl2O2S/c1-17(15,16)12-4-2-3-10(12)9-6-5-8(13)7-11(9)14/h5-7H,2-4H2,1H3. The Hall–Kier alpha value is -0.510. The Kier molecular flexibility index (Phi) is 3.53. The van der Waals surface area contributed by atoms with Crippen molar-refractivity contribution in [3.8, 4) is 0 Å². The van der Waals surface area contributed by atoms with Crippen molar-refractivity contribution in [3.05, 3.63) is 38.7 Å². The molecular formula is C12H12Cl2O2S. The lowest BCUT2D eigenvalue weighted by Crippen LogP contribution is -2.00. The van der Waals surface area contributed by atoms with E-state index in [1.54, 1.807) is 18.2 Å². The molecule has 2 nitrogen and oxygen atoms in total. The van der Waals surface area contributed by atoms with E-state index in [1.807, 2.05) is 0 Å². The molecule has 5 heteroatoms. The van der Waals surface area contributed by atoms with Crippen molar-refractivity contribution in [2.45, 2.75) is 19.3 Å². The summed E-state index contributed by atoms with van der Waals surface area (Å²) in [7, 11) is -3.14. The van der Waals surface area contributed by atoms with Gasteiger partial charge in [-0.3, -0.25) is 0 Å². The fourth-order valence-corrected chi connectivity index (χ4v) is 3.84. The SMILES string of the molecule is CS(=O)(=O)C1=C(c2ccc(Cl)cc2Cl)CCC1. The molecule has 0 bridgehead atoms. The molecule has 1 aliphatic carbocycles. The Morgan fingerprint density at radius 1 is 1.18 bits per heavy atom. The van der Waals surface area contributed by atoms with E-state index >= 15 is 0 Å². The van der Waals surface area contributed by atoms with Crippen molar-refractivity contribution >= 4 is 38.6 Å². The molecule has 0 amide bonds. The minimum Gasteiger partial charge on any atom is -0.224 e. The molecule has 0 aromatic heterocycles. The summed E-state index contributed by atoms with van der Waals surface area (Å²) < 4.78 is 23.3. The van der Waals surface area contributed by atoms with E-state index in [2.05, 4.69) is 0 Å². The predicted molar refractivity (Wildman–Crippen MR) is 72.1 cm³/mol. The summed E-state index contributed by atoms with van der Waals surface area (Å²) in [5, 5.41) is 1.06. The maximum absolute atomic E-state index is 11.7. The average molecular weight is 291 g/mol. The lowest BCUT2D eigenvalue weighted by molar-refractivity contribution is 0.606. The molecule has 0 spiro atoms. The van der Waals surface area contributed by atoms with Gasteiger partial charge in [0.15, 0.2) is 9.84 Å². The first-order chi connectivity index (χ1) is 7.89. The van der Waals surface area contributed by atoms with Crippen molar-refractivity contribution in [2.75, 3.05) is 6.26 Å². The van der Waals surface area contributed by atoms with Gasteiger partial charge in [0.25, 0.3) is 0 Å². The highest BCUT2D eigenvalue weighted by atomic mass is 35.5. The summed E-state index contributed by atoms with van der Waals surface area (Å²) in [5.41, 5.74) is 1.63. The number of rotatable bonds is 2. The minimum atomic E-state index is -3.14. The highest BCUT2D eigenvalue weighted by molar-refractivity contribution is 7.94. The van der Waals surface area contributed by atoms with E-state index in [0.29, 0.717) is 21.4 Å². The maximum Gasteiger partial charge on any atom is 0.172 e. The Labute approximate surface area is 111 Å². The van der Waals surface area contributed by atoms with E-state index in [9.17, 15) is 8.42 Å². The van der Waals surface area contributed by atoms with E-state index in [0.717, 1.165) is 24.0 Å². The van der Waals surface area contributed by atoms with Gasteiger partial charge in [-0.15, -0.1) is 0 Å². The lowest BCUT2D eigenvalue weighted by Gasteiger charge is -2.08. The van der Waals surface area contributed by atoms with Gasteiger partial charge in [0.2, 0.25) is 0 Å². The van der Waals surface area contributed by atoms with Gasteiger partial charge in [-0.05, 0) is 42.5 Å². The monoisotopic (exact) mass is 290 g/mol. The Morgan fingerprint density at radius 2 is 1.88 bits per heavy atom. The molecule has 0 radical (unpaired) electrons. The van der Waals surface area contributed by atoms with Crippen LogP contribution in [0.1, 0.15) is 24.8 Å². The first-order valence-electron chi connectivity index (χ1n) is 5.27. The number of sulfone groups is 1. The molecule has 0 unspecified atom stereocenters. The zero-order chi connectivity index (χ0) is 12.6. The van der Waals surface area contributed by atoms with Gasteiger partial charge >= 0.3 is 0 Å². The van der Waals surface area contributed by atoms with Crippen LogP contribution in [0.25, 0.3) is 5.57 Å². The summed E-state index contributed by atoms with van der Waals surface area (Å²) in [5.74, 6) is 0. The molecule has 1 aromatic carbocycles. The van der Waals surface area contributed by atoms with Crippen LogP contribution in [-0.4, -0.2) is 14.7 Å². The molecule has 0 fully saturated rings. The van der Waals surface area contributed by atoms with Crippen LogP contribution in [0.4, 0.5) is 0 Å². The van der Waals surface area contributed by atoms with Gasteiger partial charge in [-0.1, -0.05) is 29.3 Å². The summed E-state index contributed by atoms with van der Waals surface area (Å²) >= 11 is 11.9. The lowest BCUT2D eigenvalue weighted by atomic mass is 10.1. The molecule has 1 aromatic rings. The van der Waals surface area contributed by atoms with Crippen LogP contribution < -0.4 is 0 Å². The Bertz CT molecular complexity index is 589. The maximum atomic E-state index is 11.7. The third-order valence-electron chi connectivity index (χ3n) is 2.87. The van der Waals surface area contributed by atoms with Crippen molar-refractivity contribution in [1.29, 1.82) is 0 Å². The first kappa shape index (κ1) is 12.9. The molecule has 17 heavy (non-hydrogen) atoms. The molecule has 0 aliphatic heterocycles. The fraction of sp³-hybridized carbons (Fsp3) is 0.333. The Balaban J connectivity index is 2.60. The van der Waals surface area contributed by atoms with Gasteiger partial charge in [-0.2, -0.15) is 0 Å². The molecule has 0 atom stereocenters. The normalized spacial score (nSPS) is 16.6. The van der Waals surface area contributed by atoms with Crippen LogP contribution in [0.15, 0.2) is 23.1 Å². The van der Waals surface area contributed by atoms with Crippen molar-refractivity contribution in [1.82, 2.24) is 0 Å².